The van der Waals surface area contributed by atoms with Gasteiger partial charge in [-0.1, -0.05) is 0 Å². The molecular weight excluding hydrogens is 410 g/mol. The molecular formula is C19H22F2N8O2. The van der Waals surface area contributed by atoms with E-state index in [-0.39, 0.29) is 30.4 Å². The highest BCUT2D eigenvalue weighted by molar-refractivity contribution is 5.90. The number of piperidine rings is 1. The van der Waals surface area contributed by atoms with Crippen LogP contribution in [0.1, 0.15) is 41.3 Å². The average Bonchev–Trinajstić information content (AvgIpc) is 3.16. The topological polar surface area (TPSA) is 113 Å². The van der Waals surface area contributed by atoms with Crippen LogP contribution in [-0.2, 0) is 0 Å². The smallest absolute Gasteiger partial charge is 0.293 e. The minimum absolute atomic E-state index is 0.0201. The predicted molar refractivity (Wildman–Crippen MR) is 106 cm³/mol. The number of aromatic nitrogens is 6. The third-order valence-electron chi connectivity index (χ3n) is 5.19. The third-order valence-corrected chi connectivity index (χ3v) is 5.19. The van der Waals surface area contributed by atoms with E-state index in [1.54, 1.807) is 25.5 Å². The van der Waals surface area contributed by atoms with Crippen LogP contribution in [0.4, 0.5) is 14.6 Å². The number of aryl methyl sites for hydroxylation is 1. The van der Waals surface area contributed by atoms with E-state index >= 15 is 0 Å². The maximum absolute atomic E-state index is 13.3. The summed E-state index contributed by atoms with van der Waals surface area (Å²) >= 11 is 0. The Kier molecular flexibility index (Phi) is 5.48. The standard InChI is InChI=1S/C19H22F2N8O2/c1-12-8-13(15(20)21)29-18(24-12)25-16(26-29)17(30)27(2)10-19(31)4-3-7-28(11-19)14-9-22-5-6-23-14/h5-6,8-9,15,31H,3-4,7,10-11H2,1-2H3. The largest absolute Gasteiger partial charge is 0.386 e. The molecule has 4 heterocycles. The van der Waals surface area contributed by atoms with Crippen molar-refractivity contribution in [3.63, 3.8) is 0 Å². The van der Waals surface area contributed by atoms with Gasteiger partial charge in [0.25, 0.3) is 18.1 Å². The first-order valence-electron chi connectivity index (χ1n) is 9.77. The number of rotatable bonds is 5. The zero-order valence-corrected chi connectivity index (χ0v) is 17.1. The van der Waals surface area contributed by atoms with Gasteiger partial charge in [0.05, 0.1) is 18.3 Å². The zero-order chi connectivity index (χ0) is 22.2. The Morgan fingerprint density at radius 3 is 2.87 bits per heavy atom. The molecule has 0 saturated carbocycles. The summed E-state index contributed by atoms with van der Waals surface area (Å²) in [6.07, 6.45) is 3.19. The van der Waals surface area contributed by atoms with Crippen molar-refractivity contribution in [2.75, 3.05) is 31.6 Å². The monoisotopic (exact) mass is 432 g/mol. The minimum Gasteiger partial charge on any atom is -0.386 e. The Labute approximate surface area is 176 Å². The fourth-order valence-corrected chi connectivity index (χ4v) is 3.84. The van der Waals surface area contributed by atoms with Crippen molar-refractivity contribution < 1.29 is 18.7 Å². The van der Waals surface area contributed by atoms with Gasteiger partial charge in [0.1, 0.15) is 11.5 Å². The van der Waals surface area contributed by atoms with E-state index in [2.05, 4.69) is 25.0 Å². The number of amides is 1. The Hall–Kier alpha value is -3.28. The normalized spacial score (nSPS) is 19.2. The fraction of sp³-hybridized carbons (Fsp3) is 0.474. The van der Waals surface area contributed by atoms with Gasteiger partial charge in [-0.15, -0.1) is 5.10 Å². The highest BCUT2D eigenvalue weighted by atomic mass is 19.3. The molecule has 0 aliphatic carbocycles. The number of alkyl halides is 2. The molecule has 1 unspecified atom stereocenters. The lowest BCUT2D eigenvalue weighted by atomic mass is 9.92. The minimum atomic E-state index is -2.79. The summed E-state index contributed by atoms with van der Waals surface area (Å²) in [5, 5.41) is 15.1. The van der Waals surface area contributed by atoms with Crippen molar-refractivity contribution in [3.05, 3.63) is 41.9 Å². The highest BCUT2D eigenvalue weighted by Crippen LogP contribution is 2.26. The quantitative estimate of drug-likeness (QED) is 0.641. The molecule has 4 rings (SSSR count). The third kappa shape index (κ3) is 4.29. The van der Waals surface area contributed by atoms with Crippen LogP contribution < -0.4 is 4.90 Å². The summed E-state index contributed by atoms with van der Waals surface area (Å²) in [6.45, 7) is 2.58. The van der Waals surface area contributed by atoms with E-state index in [9.17, 15) is 18.7 Å². The van der Waals surface area contributed by atoms with E-state index in [0.29, 0.717) is 30.9 Å². The second kappa shape index (κ2) is 8.10. The molecule has 0 spiro atoms. The van der Waals surface area contributed by atoms with Crippen LogP contribution in [0.25, 0.3) is 5.78 Å². The molecule has 1 N–H and O–H groups in total. The molecule has 1 aliphatic rings. The molecule has 0 bridgehead atoms. The molecule has 10 nitrogen and oxygen atoms in total. The number of halogens is 2. The number of nitrogens with zero attached hydrogens (tertiary/aromatic N) is 8. The van der Waals surface area contributed by atoms with Crippen LogP contribution in [0, 0.1) is 6.92 Å². The first kappa shape index (κ1) is 21.0. The molecule has 31 heavy (non-hydrogen) atoms. The van der Waals surface area contributed by atoms with Crippen molar-refractivity contribution in [1.29, 1.82) is 0 Å². The summed E-state index contributed by atoms with van der Waals surface area (Å²) in [5.74, 6) is -0.268. The summed E-state index contributed by atoms with van der Waals surface area (Å²) in [6, 6.07) is 1.20. The van der Waals surface area contributed by atoms with Gasteiger partial charge < -0.3 is 14.9 Å². The van der Waals surface area contributed by atoms with Crippen molar-refractivity contribution in [1.82, 2.24) is 34.4 Å². The van der Waals surface area contributed by atoms with E-state index in [1.807, 2.05) is 4.90 Å². The number of aliphatic hydroxyl groups is 1. The summed E-state index contributed by atoms with van der Waals surface area (Å²) < 4.78 is 27.5. The molecule has 1 fully saturated rings. The van der Waals surface area contributed by atoms with Crippen LogP contribution in [0.3, 0.4) is 0 Å². The van der Waals surface area contributed by atoms with E-state index in [4.69, 9.17) is 0 Å². The van der Waals surface area contributed by atoms with Gasteiger partial charge in [-0.3, -0.25) is 9.78 Å². The lowest BCUT2D eigenvalue weighted by molar-refractivity contribution is -0.000441. The van der Waals surface area contributed by atoms with E-state index in [1.165, 1.54) is 18.0 Å². The van der Waals surface area contributed by atoms with Crippen molar-refractivity contribution >= 4 is 17.5 Å². The van der Waals surface area contributed by atoms with E-state index < -0.39 is 17.9 Å². The van der Waals surface area contributed by atoms with Crippen LogP contribution in [0.2, 0.25) is 0 Å². The average molecular weight is 432 g/mol. The predicted octanol–water partition coefficient (Wildman–Crippen LogP) is 1.26. The summed E-state index contributed by atoms with van der Waals surface area (Å²) in [5.41, 5.74) is -1.21. The fourth-order valence-electron chi connectivity index (χ4n) is 3.84. The van der Waals surface area contributed by atoms with Gasteiger partial charge in [0.15, 0.2) is 0 Å². The molecule has 1 aliphatic heterocycles. The number of carbonyl (C=O) groups is 1. The molecule has 3 aromatic heterocycles. The Bertz CT molecular complexity index is 1090. The van der Waals surface area contributed by atoms with Crippen LogP contribution in [0.15, 0.2) is 24.7 Å². The maximum Gasteiger partial charge on any atom is 0.293 e. The molecule has 1 amide bonds. The van der Waals surface area contributed by atoms with Crippen molar-refractivity contribution in [2.24, 2.45) is 0 Å². The Morgan fingerprint density at radius 2 is 2.16 bits per heavy atom. The Balaban J connectivity index is 1.52. The lowest BCUT2D eigenvalue weighted by Crippen LogP contribution is -2.55. The second-order valence-corrected chi connectivity index (χ2v) is 7.74. The van der Waals surface area contributed by atoms with Gasteiger partial charge in [0.2, 0.25) is 5.82 Å². The Morgan fingerprint density at radius 1 is 1.35 bits per heavy atom. The summed E-state index contributed by atoms with van der Waals surface area (Å²) in [4.78, 5) is 32.5. The van der Waals surface area contributed by atoms with Crippen molar-refractivity contribution in [2.45, 2.75) is 31.8 Å². The van der Waals surface area contributed by atoms with Gasteiger partial charge in [0, 0.05) is 38.2 Å². The van der Waals surface area contributed by atoms with Gasteiger partial charge in [-0.2, -0.15) is 9.50 Å². The van der Waals surface area contributed by atoms with E-state index in [0.717, 1.165) is 4.52 Å². The van der Waals surface area contributed by atoms with Gasteiger partial charge in [-0.05, 0) is 25.8 Å². The van der Waals surface area contributed by atoms with Gasteiger partial charge >= 0.3 is 0 Å². The number of likely N-dealkylation sites (N-methyl/N-ethyl adjacent to an activating group) is 1. The molecule has 3 aromatic rings. The van der Waals surface area contributed by atoms with Crippen LogP contribution >= 0.6 is 0 Å². The second-order valence-electron chi connectivity index (χ2n) is 7.74. The lowest BCUT2D eigenvalue weighted by Gasteiger charge is -2.41. The molecule has 0 radical (unpaired) electrons. The van der Waals surface area contributed by atoms with Gasteiger partial charge in [-0.25, -0.2) is 18.7 Å². The molecule has 1 atom stereocenters. The van der Waals surface area contributed by atoms with Crippen LogP contribution in [-0.4, -0.2) is 77.7 Å². The number of hydrogen-bond donors (Lipinski definition) is 1. The first-order valence-corrected chi connectivity index (χ1v) is 9.77. The number of fused-ring (bicyclic) bond motifs is 1. The van der Waals surface area contributed by atoms with Crippen LogP contribution in [0.5, 0.6) is 0 Å². The highest BCUT2D eigenvalue weighted by Gasteiger charge is 2.36. The number of carbonyl (C=O) groups excluding carboxylic acids is 1. The number of β-amino-alcohol motifs (C(OH)–C–C–N with tert-alkyl or cyclic N) is 1. The maximum atomic E-state index is 13.3. The SMILES string of the molecule is Cc1cc(C(F)F)n2nc(C(=O)N(C)CC3(O)CCCN(c4cnccn4)C3)nc2n1. The zero-order valence-electron chi connectivity index (χ0n) is 17.1. The summed E-state index contributed by atoms with van der Waals surface area (Å²) in [7, 11) is 1.51. The number of anilines is 1. The molecule has 0 aromatic carbocycles. The molecule has 12 heteroatoms. The molecule has 1 saturated heterocycles. The number of hydrogen-bond acceptors (Lipinski definition) is 8. The molecule has 164 valence electrons. The first-order chi connectivity index (χ1) is 14.8. The van der Waals surface area contributed by atoms with Crippen molar-refractivity contribution in [3.8, 4) is 0 Å².